The molecule has 1 rings (SSSR count). The average molecular weight is 282 g/mol. The summed E-state index contributed by atoms with van der Waals surface area (Å²) >= 11 is 0. The molecule has 0 spiro atoms. The maximum absolute atomic E-state index is 11.6. The van der Waals surface area contributed by atoms with E-state index in [0.29, 0.717) is 5.75 Å². The van der Waals surface area contributed by atoms with Gasteiger partial charge in [-0.1, -0.05) is 0 Å². The van der Waals surface area contributed by atoms with Gasteiger partial charge >= 0.3 is 12.1 Å². The molecule has 0 atom stereocenters. The number of carbonyl (C=O) groups excluding carboxylic acids is 2. The SMILES string of the molecule is COC(=O)c1cc(OC)cc(NC(=O)OC(C)(C)C)n1. The third-order valence-electron chi connectivity index (χ3n) is 2.06. The molecule has 1 heterocycles. The van der Waals surface area contributed by atoms with Gasteiger partial charge in [0, 0.05) is 12.1 Å². The predicted molar refractivity (Wildman–Crippen MR) is 72.0 cm³/mol. The molecule has 7 heteroatoms. The van der Waals surface area contributed by atoms with Gasteiger partial charge < -0.3 is 14.2 Å². The van der Waals surface area contributed by atoms with E-state index in [9.17, 15) is 9.59 Å². The molecule has 0 unspecified atom stereocenters. The highest BCUT2D eigenvalue weighted by Gasteiger charge is 2.18. The van der Waals surface area contributed by atoms with Crippen LogP contribution in [0, 0.1) is 0 Å². The molecule has 20 heavy (non-hydrogen) atoms. The molecular formula is C13H18N2O5. The fraction of sp³-hybridized carbons (Fsp3) is 0.462. The van der Waals surface area contributed by atoms with Crippen LogP contribution in [0.3, 0.4) is 0 Å². The molecule has 0 aromatic carbocycles. The topological polar surface area (TPSA) is 86.8 Å². The molecule has 7 nitrogen and oxygen atoms in total. The fourth-order valence-corrected chi connectivity index (χ4v) is 1.30. The Morgan fingerprint density at radius 1 is 1.20 bits per heavy atom. The van der Waals surface area contributed by atoms with Gasteiger partial charge in [0.1, 0.15) is 17.2 Å². The predicted octanol–water partition coefficient (Wildman–Crippen LogP) is 2.22. The molecule has 110 valence electrons. The number of nitrogens with one attached hydrogen (secondary N) is 1. The summed E-state index contributed by atoms with van der Waals surface area (Å²) in [5, 5.41) is 2.43. The lowest BCUT2D eigenvalue weighted by molar-refractivity contribution is 0.0588. The second-order valence-corrected chi connectivity index (χ2v) is 4.90. The summed E-state index contributed by atoms with van der Waals surface area (Å²) in [4.78, 5) is 27.1. The highest BCUT2D eigenvalue weighted by atomic mass is 16.6. The van der Waals surface area contributed by atoms with Crippen LogP contribution in [0.4, 0.5) is 10.6 Å². The van der Waals surface area contributed by atoms with Crippen molar-refractivity contribution in [2.75, 3.05) is 19.5 Å². The number of nitrogens with zero attached hydrogens (tertiary/aromatic N) is 1. The maximum atomic E-state index is 11.6. The number of amides is 1. The minimum Gasteiger partial charge on any atom is -0.497 e. The maximum Gasteiger partial charge on any atom is 0.413 e. The van der Waals surface area contributed by atoms with Crippen LogP contribution in [0.5, 0.6) is 5.75 Å². The van der Waals surface area contributed by atoms with Gasteiger partial charge in [-0.2, -0.15) is 0 Å². The minimum atomic E-state index is -0.672. The van der Waals surface area contributed by atoms with E-state index in [2.05, 4.69) is 15.0 Å². The summed E-state index contributed by atoms with van der Waals surface area (Å²) in [6.45, 7) is 5.22. The second kappa shape index (κ2) is 6.23. The van der Waals surface area contributed by atoms with Gasteiger partial charge in [-0.15, -0.1) is 0 Å². The molecule has 1 aromatic heterocycles. The average Bonchev–Trinajstić information content (AvgIpc) is 2.34. The third kappa shape index (κ3) is 4.75. The van der Waals surface area contributed by atoms with E-state index in [-0.39, 0.29) is 11.5 Å². The van der Waals surface area contributed by atoms with Crippen molar-refractivity contribution in [2.45, 2.75) is 26.4 Å². The molecule has 0 aliphatic heterocycles. The molecule has 0 saturated carbocycles. The van der Waals surface area contributed by atoms with Crippen LogP contribution in [-0.4, -0.2) is 36.9 Å². The van der Waals surface area contributed by atoms with Gasteiger partial charge in [-0.25, -0.2) is 14.6 Å². The first kappa shape index (κ1) is 15.7. The summed E-state index contributed by atoms with van der Waals surface area (Å²) in [5.41, 5.74) is -0.605. The Hall–Kier alpha value is -2.31. The van der Waals surface area contributed by atoms with Gasteiger partial charge in [-0.3, -0.25) is 5.32 Å². The van der Waals surface area contributed by atoms with Crippen LogP contribution in [-0.2, 0) is 9.47 Å². The standard InChI is InChI=1S/C13H18N2O5/c1-13(2,3)20-12(17)15-10-7-8(18-4)6-9(14-10)11(16)19-5/h6-7H,1-5H3,(H,14,15,17). The molecule has 0 aliphatic rings. The zero-order valence-corrected chi connectivity index (χ0v) is 12.1. The summed E-state index contributed by atoms with van der Waals surface area (Å²) in [5.74, 6) is -0.124. The molecule has 0 radical (unpaired) electrons. The lowest BCUT2D eigenvalue weighted by Gasteiger charge is -2.19. The van der Waals surface area contributed by atoms with Crippen molar-refractivity contribution in [1.29, 1.82) is 0 Å². The number of aromatic nitrogens is 1. The number of ether oxygens (including phenoxy) is 3. The highest BCUT2D eigenvalue weighted by molar-refractivity contribution is 5.90. The smallest absolute Gasteiger partial charge is 0.413 e. The molecule has 1 aromatic rings. The first-order valence-electron chi connectivity index (χ1n) is 5.89. The third-order valence-corrected chi connectivity index (χ3v) is 2.06. The molecule has 1 amide bonds. The lowest BCUT2D eigenvalue weighted by atomic mass is 10.2. The van der Waals surface area contributed by atoms with Crippen molar-refractivity contribution in [3.05, 3.63) is 17.8 Å². The zero-order valence-electron chi connectivity index (χ0n) is 12.1. The van der Waals surface area contributed by atoms with Gasteiger partial charge in [0.15, 0.2) is 5.69 Å². The fourth-order valence-electron chi connectivity index (χ4n) is 1.30. The largest absolute Gasteiger partial charge is 0.497 e. The number of rotatable bonds is 3. The Morgan fingerprint density at radius 3 is 2.35 bits per heavy atom. The van der Waals surface area contributed by atoms with E-state index in [0.717, 1.165) is 0 Å². The van der Waals surface area contributed by atoms with Crippen molar-refractivity contribution in [3.63, 3.8) is 0 Å². The summed E-state index contributed by atoms with van der Waals surface area (Å²) in [7, 11) is 2.68. The van der Waals surface area contributed by atoms with Crippen LogP contribution < -0.4 is 10.1 Å². The first-order valence-corrected chi connectivity index (χ1v) is 5.89. The van der Waals surface area contributed by atoms with Gasteiger partial charge in [0.2, 0.25) is 0 Å². The van der Waals surface area contributed by atoms with Crippen molar-refractivity contribution >= 4 is 17.9 Å². The number of esters is 1. The number of pyridine rings is 1. The van der Waals surface area contributed by atoms with Crippen LogP contribution in [0.1, 0.15) is 31.3 Å². The molecular weight excluding hydrogens is 264 g/mol. The van der Waals surface area contributed by atoms with E-state index < -0.39 is 17.7 Å². The van der Waals surface area contributed by atoms with E-state index in [4.69, 9.17) is 9.47 Å². The number of methoxy groups -OCH3 is 2. The monoisotopic (exact) mass is 282 g/mol. The molecule has 0 aliphatic carbocycles. The van der Waals surface area contributed by atoms with E-state index in [1.54, 1.807) is 20.8 Å². The van der Waals surface area contributed by atoms with Crippen molar-refractivity contribution in [3.8, 4) is 5.75 Å². The van der Waals surface area contributed by atoms with Gasteiger partial charge in [0.05, 0.1) is 14.2 Å². The first-order chi connectivity index (χ1) is 9.25. The van der Waals surface area contributed by atoms with Crippen LogP contribution in [0.25, 0.3) is 0 Å². The number of hydrogen-bond acceptors (Lipinski definition) is 6. The summed E-state index contributed by atoms with van der Waals surface area (Å²) < 4.78 is 14.7. The van der Waals surface area contributed by atoms with Crippen molar-refractivity contribution in [2.24, 2.45) is 0 Å². The van der Waals surface area contributed by atoms with Gasteiger partial charge in [-0.05, 0) is 20.8 Å². The Labute approximate surface area is 117 Å². The molecule has 1 N–H and O–H groups in total. The van der Waals surface area contributed by atoms with E-state index in [1.807, 2.05) is 0 Å². The number of anilines is 1. The summed E-state index contributed by atoms with van der Waals surface area (Å²) in [6.07, 6.45) is -0.672. The Kier molecular flexibility index (Phi) is 4.90. The quantitative estimate of drug-likeness (QED) is 0.855. The van der Waals surface area contributed by atoms with Crippen molar-refractivity contribution < 1.29 is 23.8 Å². The minimum absolute atomic E-state index is 0.0258. The van der Waals surface area contributed by atoms with Crippen LogP contribution in [0.2, 0.25) is 0 Å². The Morgan fingerprint density at radius 2 is 1.85 bits per heavy atom. The number of hydrogen-bond donors (Lipinski definition) is 1. The zero-order chi connectivity index (χ0) is 15.3. The van der Waals surface area contributed by atoms with Crippen LogP contribution in [0.15, 0.2) is 12.1 Å². The van der Waals surface area contributed by atoms with Crippen molar-refractivity contribution in [1.82, 2.24) is 4.98 Å². The van der Waals surface area contributed by atoms with E-state index in [1.165, 1.54) is 26.4 Å². The van der Waals surface area contributed by atoms with Gasteiger partial charge in [0.25, 0.3) is 0 Å². The van der Waals surface area contributed by atoms with E-state index >= 15 is 0 Å². The molecule has 0 saturated heterocycles. The normalized spacial score (nSPS) is 10.7. The Balaban J connectivity index is 2.94. The van der Waals surface area contributed by atoms with Crippen LogP contribution >= 0.6 is 0 Å². The Bertz CT molecular complexity index is 508. The summed E-state index contributed by atoms with van der Waals surface area (Å²) in [6, 6.07) is 2.88. The number of carbonyl (C=O) groups is 2. The molecule has 0 bridgehead atoms. The molecule has 0 fully saturated rings. The second-order valence-electron chi connectivity index (χ2n) is 4.90. The lowest BCUT2D eigenvalue weighted by Crippen LogP contribution is -2.27. The highest BCUT2D eigenvalue weighted by Crippen LogP contribution is 2.18.